The van der Waals surface area contributed by atoms with E-state index in [4.69, 9.17) is 10.2 Å². The predicted molar refractivity (Wildman–Crippen MR) is 87.2 cm³/mol. The zero-order chi connectivity index (χ0) is 18.4. The lowest BCUT2D eigenvalue weighted by Crippen LogP contribution is -2.59. The van der Waals surface area contributed by atoms with Crippen molar-refractivity contribution < 1.29 is 34.2 Å². The van der Waals surface area contributed by atoms with Crippen LogP contribution in [0.2, 0.25) is 0 Å². The van der Waals surface area contributed by atoms with Crippen molar-refractivity contribution in [3.8, 4) is 0 Å². The van der Waals surface area contributed by atoms with Crippen molar-refractivity contribution >= 4 is 17.9 Å². The van der Waals surface area contributed by atoms with E-state index in [1.807, 2.05) is 0 Å². The first kappa shape index (κ1) is 22.4. The second kappa shape index (κ2) is 12.8. The molecule has 0 aromatic carbocycles. The number of hydrogen-bond donors (Lipinski definition) is 2. The number of aliphatic carboxylic acids is 3. The Kier molecular flexibility index (Phi) is 11.9. The van der Waals surface area contributed by atoms with Crippen molar-refractivity contribution in [1.82, 2.24) is 0 Å². The highest BCUT2D eigenvalue weighted by molar-refractivity contribution is 5.72. The lowest BCUT2D eigenvalue weighted by molar-refractivity contribution is -0.909. The van der Waals surface area contributed by atoms with Gasteiger partial charge in [0.05, 0.1) is 12.5 Å². The Morgan fingerprint density at radius 3 is 1.54 bits per heavy atom. The second-order valence-corrected chi connectivity index (χ2v) is 6.53. The summed E-state index contributed by atoms with van der Waals surface area (Å²) >= 11 is 0. The maximum atomic E-state index is 11.0. The molecule has 0 aliphatic rings. The first-order valence-electron chi connectivity index (χ1n) is 8.80. The van der Waals surface area contributed by atoms with E-state index < -0.39 is 42.0 Å². The van der Waals surface area contributed by atoms with E-state index in [0.29, 0.717) is 6.42 Å². The van der Waals surface area contributed by atoms with Crippen molar-refractivity contribution in [2.45, 2.75) is 64.7 Å². The SMILES string of the molecule is CCCCCCCCCCC[N+](CC(=O)[O-])(CC(=O)O)CC(=O)O. The molecule has 0 rings (SSSR count). The second-order valence-electron chi connectivity index (χ2n) is 6.53. The molecule has 0 radical (unpaired) electrons. The third-order valence-corrected chi connectivity index (χ3v) is 4.14. The maximum absolute atomic E-state index is 11.0. The van der Waals surface area contributed by atoms with Crippen molar-refractivity contribution in [1.29, 1.82) is 0 Å². The molecule has 0 bridgehead atoms. The Morgan fingerprint density at radius 1 is 0.750 bits per heavy atom. The van der Waals surface area contributed by atoms with Gasteiger partial charge in [-0.05, 0) is 12.8 Å². The summed E-state index contributed by atoms with van der Waals surface area (Å²) in [4.78, 5) is 33.0. The molecule has 7 nitrogen and oxygen atoms in total. The first-order valence-corrected chi connectivity index (χ1v) is 8.80. The fourth-order valence-corrected chi connectivity index (χ4v) is 3.01. The lowest BCUT2D eigenvalue weighted by Gasteiger charge is -2.36. The Labute approximate surface area is 143 Å². The molecular formula is C17H31NO6. The van der Waals surface area contributed by atoms with Gasteiger partial charge in [-0.1, -0.05) is 51.9 Å². The molecule has 0 heterocycles. The van der Waals surface area contributed by atoms with Crippen molar-refractivity contribution in [2.24, 2.45) is 0 Å². The highest BCUT2D eigenvalue weighted by Crippen LogP contribution is 2.13. The van der Waals surface area contributed by atoms with Gasteiger partial charge >= 0.3 is 11.9 Å². The Hall–Kier alpha value is -1.63. The number of carboxylic acids is 3. The van der Waals surface area contributed by atoms with E-state index >= 15 is 0 Å². The molecule has 140 valence electrons. The quantitative estimate of drug-likeness (QED) is 0.321. The molecule has 0 atom stereocenters. The number of quaternary nitrogens is 1. The number of unbranched alkanes of at least 4 members (excludes halogenated alkanes) is 8. The summed E-state index contributed by atoms with van der Waals surface area (Å²) in [7, 11) is 0. The average molecular weight is 345 g/mol. The van der Waals surface area contributed by atoms with Gasteiger partial charge < -0.3 is 24.6 Å². The number of carboxylic acid groups (broad SMARTS) is 3. The van der Waals surface area contributed by atoms with Gasteiger partial charge in [0.1, 0.15) is 6.54 Å². The van der Waals surface area contributed by atoms with Crippen LogP contribution in [0.4, 0.5) is 0 Å². The molecule has 0 aromatic rings. The Bertz CT molecular complexity index is 356. The lowest BCUT2D eigenvalue weighted by atomic mass is 10.1. The van der Waals surface area contributed by atoms with Crippen LogP contribution in [0.15, 0.2) is 0 Å². The van der Waals surface area contributed by atoms with E-state index in [2.05, 4.69) is 6.92 Å². The van der Waals surface area contributed by atoms with Crippen LogP contribution in [0.25, 0.3) is 0 Å². The van der Waals surface area contributed by atoms with Crippen LogP contribution in [0.5, 0.6) is 0 Å². The molecule has 2 N–H and O–H groups in total. The normalized spacial score (nSPS) is 11.4. The summed E-state index contributed by atoms with van der Waals surface area (Å²) in [6, 6.07) is 0. The summed E-state index contributed by atoms with van der Waals surface area (Å²) in [5.41, 5.74) is 0. The Morgan fingerprint density at radius 2 is 1.17 bits per heavy atom. The largest absolute Gasteiger partial charge is 0.544 e. The molecule has 0 amide bonds. The molecule has 0 saturated heterocycles. The van der Waals surface area contributed by atoms with Crippen LogP contribution in [-0.4, -0.2) is 58.8 Å². The standard InChI is InChI=1S/C17H31NO6/c1-2-3-4-5-6-7-8-9-10-11-18(12-15(19)20,13-16(21)22)14-17(23)24/h2-14H2,1H3,(H2-,19,20,21,22,23,24). The summed E-state index contributed by atoms with van der Waals surface area (Å²) in [6.07, 6.45) is 9.67. The van der Waals surface area contributed by atoms with E-state index in [1.54, 1.807) is 0 Å². The first-order chi connectivity index (χ1) is 11.3. The van der Waals surface area contributed by atoms with Gasteiger partial charge in [0.2, 0.25) is 0 Å². The van der Waals surface area contributed by atoms with Crippen molar-refractivity contribution in [3.05, 3.63) is 0 Å². The van der Waals surface area contributed by atoms with Crippen LogP contribution >= 0.6 is 0 Å². The van der Waals surface area contributed by atoms with Gasteiger partial charge in [-0.3, -0.25) is 0 Å². The smallest absolute Gasteiger partial charge is 0.359 e. The topological polar surface area (TPSA) is 115 Å². The predicted octanol–water partition coefficient (Wildman–Crippen LogP) is 1.25. The molecule has 0 aliphatic heterocycles. The molecule has 7 heteroatoms. The molecule has 0 aromatic heterocycles. The van der Waals surface area contributed by atoms with E-state index in [9.17, 15) is 19.5 Å². The molecule has 24 heavy (non-hydrogen) atoms. The number of hydrogen-bond acceptors (Lipinski definition) is 4. The minimum absolute atomic E-state index is 0.225. The van der Waals surface area contributed by atoms with Crippen LogP contribution in [0.1, 0.15) is 64.7 Å². The van der Waals surface area contributed by atoms with Crippen LogP contribution in [-0.2, 0) is 14.4 Å². The van der Waals surface area contributed by atoms with Gasteiger partial charge in [-0.15, -0.1) is 0 Å². The number of carbonyl (C=O) groups excluding carboxylic acids is 1. The van der Waals surface area contributed by atoms with Crippen LogP contribution in [0.3, 0.4) is 0 Å². The molecule has 0 fully saturated rings. The van der Waals surface area contributed by atoms with E-state index in [1.165, 1.54) is 32.1 Å². The summed E-state index contributed by atoms with van der Waals surface area (Å²) in [5.74, 6) is -3.82. The van der Waals surface area contributed by atoms with Crippen LogP contribution in [0, 0.1) is 0 Å². The van der Waals surface area contributed by atoms with Crippen molar-refractivity contribution in [3.63, 3.8) is 0 Å². The molecule has 0 unspecified atom stereocenters. The van der Waals surface area contributed by atoms with E-state index in [0.717, 1.165) is 19.3 Å². The number of nitrogens with zero attached hydrogens (tertiary/aromatic N) is 1. The number of carbonyl (C=O) groups is 3. The van der Waals surface area contributed by atoms with Gasteiger partial charge in [0, 0.05) is 0 Å². The summed E-state index contributed by atoms with van der Waals surface area (Å²) in [5, 5.41) is 28.9. The van der Waals surface area contributed by atoms with Gasteiger partial charge in [0.15, 0.2) is 13.1 Å². The molecular weight excluding hydrogens is 314 g/mol. The van der Waals surface area contributed by atoms with E-state index in [-0.39, 0.29) is 6.54 Å². The maximum Gasteiger partial charge on any atom is 0.359 e. The minimum atomic E-state index is -1.42. The molecule has 0 aliphatic carbocycles. The zero-order valence-corrected chi connectivity index (χ0v) is 14.7. The average Bonchev–Trinajstić information content (AvgIpc) is 2.43. The zero-order valence-electron chi connectivity index (χ0n) is 14.7. The van der Waals surface area contributed by atoms with Gasteiger partial charge in [0.25, 0.3) is 0 Å². The fourth-order valence-electron chi connectivity index (χ4n) is 3.01. The molecule has 0 saturated carbocycles. The van der Waals surface area contributed by atoms with Crippen LogP contribution < -0.4 is 5.11 Å². The third-order valence-electron chi connectivity index (χ3n) is 4.14. The summed E-state index contributed by atoms with van der Waals surface area (Å²) < 4.78 is -0.497. The monoisotopic (exact) mass is 345 g/mol. The molecule has 0 spiro atoms. The van der Waals surface area contributed by atoms with Gasteiger partial charge in [-0.2, -0.15) is 0 Å². The minimum Gasteiger partial charge on any atom is -0.544 e. The highest BCUT2D eigenvalue weighted by Gasteiger charge is 2.33. The van der Waals surface area contributed by atoms with Gasteiger partial charge in [-0.25, -0.2) is 9.59 Å². The Balaban J connectivity index is 4.31. The third kappa shape index (κ3) is 11.9. The fraction of sp³-hybridized carbons (Fsp3) is 0.824. The summed E-state index contributed by atoms with van der Waals surface area (Å²) in [6.45, 7) is 0.776. The highest BCUT2D eigenvalue weighted by atomic mass is 16.4. The van der Waals surface area contributed by atoms with Crippen molar-refractivity contribution in [2.75, 3.05) is 26.2 Å². The number of rotatable bonds is 16.